The molecule has 0 saturated carbocycles. The smallest absolute Gasteiger partial charge is 0.338 e. The first-order chi connectivity index (χ1) is 11.1. The van der Waals surface area contributed by atoms with Gasteiger partial charge in [-0.15, -0.1) is 0 Å². The first-order valence-electron chi connectivity index (χ1n) is 7.46. The largest absolute Gasteiger partial charge is 0.462 e. The Morgan fingerprint density at radius 3 is 2.17 bits per heavy atom. The average Bonchev–Trinajstić information content (AvgIpc) is 2.55. The van der Waals surface area contributed by atoms with Crippen LogP contribution in [0.5, 0.6) is 0 Å². The molecule has 2 aromatic carbocycles. The lowest BCUT2D eigenvalue weighted by Crippen LogP contribution is -2.21. The summed E-state index contributed by atoms with van der Waals surface area (Å²) in [5.74, 6) is -0.527. The van der Waals surface area contributed by atoms with Gasteiger partial charge in [-0.25, -0.2) is 4.79 Å². The van der Waals surface area contributed by atoms with E-state index in [0.29, 0.717) is 17.9 Å². The highest BCUT2D eigenvalue weighted by Gasteiger charge is 2.07. The highest BCUT2D eigenvalue weighted by Crippen LogP contribution is 2.11. The Morgan fingerprint density at radius 2 is 1.57 bits per heavy atom. The normalized spacial score (nSPS) is 10.0. The third-order valence-corrected chi connectivity index (χ3v) is 3.18. The van der Waals surface area contributed by atoms with Crippen molar-refractivity contribution in [2.24, 2.45) is 0 Å². The molecule has 0 unspecified atom stereocenters. The van der Waals surface area contributed by atoms with E-state index in [2.05, 4.69) is 10.6 Å². The van der Waals surface area contributed by atoms with Gasteiger partial charge in [0.05, 0.1) is 18.7 Å². The van der Waals surface area contributed by atoms with Gasteiger partial charge >= 0.3 is 5.97 Å². The molecule has 2 aromatic rings. The predicted molar refractivity (Wildman–Crippen MR) is 90.7 cm³/mol. The van der Waals surface area contributed by atoms with E-state index in [1.165, 1.54) is 5.56 Å². The fraction of sp³-hybridized carbons (Fsp3) is 0.222. The van der Waals surface area contributed by atoms with Crippen molar-refractivity contribution >= 4 is 23.3 Å². The molecule has 1 amide bonds. The first kappa shape index (κ1) is 16.5. The highest BCUT2D eigenvalue weighted by molar-refractivity contribution is 5.95. The van der Waals surface area contributed by atoms with Gasteiger partial charge < -0.3 is 15.4 Å². The molecular formula is C18H20N2O3. The average molecular weight is 312 g/mol. The summed E-state index contributed by atoms with van der Waals surface area (Å²) in [6.45, 7) is 4.27. The number of aryl methyl sites for hydroxylation is 1. The minimum Gasteiger partial charge on any atom is -0.462 e. The Morgan fingerprint density at radius 1 is 0.957 bits per heavy atom. The number of esters is 1. The molecule has 5 heteroatoms. The summed E-state index contributed by atoms with van der Waals surface area (Å²) in [5, 5.41) is 5.82. The molecule has 2 rings (SSSR count). The molecule has 120 valence electrons. The molecular weight excluding hydrogens is 292 g/mol. The molecule has 0 spiro atoms. The van der Waals surface area contributed by atoms with E-state index in [1.807, 2.05) is 31.2 Å². The Balaban J connectivity index is 1.85. The molecule has 2 N–H and O–H groups in total. The number of benzene rings is 2. The summed E-state index contributed by atoms with van der Waals surface area (Å²) < 4.78 is 4.91. The number of nitrogens with one attached hydrogen (secondary N) is 2. The number of rotatable bonds is 6. The molecule has 0 heterocycles. The maximum atomic E-state index is 11.9. The van der Waals surface area contributed by atoms with Crippen LogP contribution in [-0.2, 0) is 9.53 Å². The summed E-state index contributed by atoms with van der Waals surface area (Å²) in [6, 6.07) is 14.4. The van der Waals surface area contributed by atoms with E-state index in [9.17, 15) is 9.59 Å². The van der Waals surface area contributed by atoms with E-state index in [4.69, 9.17) is 4.74 Å². The molecule has 0 fully saturated rings. The second kappa shape index (κ2) is 7.98. The lowest BCUT2D eigenvalue weighted by atomic mass is 10.2. The third-order valence-electron chi connectivity index (χ3n) is 3.18. The topological polar surface area (TPSA) is 67.4 Å². The van der Waals surface area contributed by atoms with Crippen molar-refractivity contribution in [3.05, 3.63) is 59.7 Å². The van der Waals surface area contributed by atoms with Crippen molar-refractivity contribution in [3.8, 4) is 0 Å². The van der Waals surface area contributed by atoms with Crippen LogP contribution in [0.2, 0.25) is 0 Å². The van der Waals surface area contributed by atoms with Crippen LogP contribution in [-0.4, -0.2) is 25.0 Å². The minimum atomic E-state index is -0.369. The number of anilines is 2. The molecule has 0 bridgehead atoms. The zero-order valence-corrected chi connectivity index (χ0v) is 13.3. The Bertz CT molecular complexity index is 664. The summed E-state index contributed by atoms with van der Waals surface area (Å²) in [4.78, 5) is 23.5. The van der Waals surface area contributed by atoms with Crippen molar-refractivity contribution in [2.45, 2.75) is 13.8 Å². The van der Waals surface area contributed by atoms with Crippen LogP contribution < -0.4 is 10.6 Å². The molecule has 0 aromatic heterocycles. The van der Waals surface area contributed by atoms with Crippen LogP contribution in [0.4, 0.5) is 11.4 Å². The van der Waals surface area contributed by atoms with E-state index < -0.39 is 0 Å². The molecule has 5 nitrogen and oxygen atoms in total. The molecule has 0 aliphatic rings. The van der Waals surface area contributed by atoms with Crippen molar-refractivity contribution in [1.82, 2.24) is 0 Å². The second-order valence-corrected chi connectivity index (χ2v) is 5.07. The number of carbonyl (C=O) groups is 2. The van der Waals surface area contributed by atoms with Crippen LogP contribution in [0.25, 0.3) is 0 Å². The first-order valence-corrected chi connectivity index (χ1v) is 7.46. The van der Waals surface area contributed by atoms with Crippen molar-refractivity contribution in [3.63, 3.8) is 0 Å². The van der Waals surface area contributed by atoms with Crippen molar-refractivity contribution in [1.29, 1.82) is 0 Å². The third kappa shape index (κ3) is 5.14. The number of amides is 1. The van der Waals surface area contributed by atoms with Crippen LogP contribution >= 0.6 is 0 Å². The maximum Gasteiger partial charge on any atom is 0.338 e. The molecule has 0 aliphatic carbocycles. The van der Waals surface area contributed by atoms with Gasteiger partial charge in [0.1, 0.15) is 0 Å². The molecule has 23 heavy (non-hydrogen) atoms. The summed E-state index contributed by atoms with van der Waals surface area (Å²) in [5.41, 5.74) is 3.15. The van der Waals surface area contributed by atoms with Gasteiger partial charge in [-0.1, -0.05) is 17.7 Å². The van der Waals surface area contributed by atoms with Crippen LogP contribution in [0.3, 0.4) is 0 Å². The second-order valence-electron chi connectivity index (χ2n) is 5.07. The maximum absolute atomic E-state index is 11.9. The van der Waals surface area contributed by atoms with Gasteiger partial charge in [0.2, 0.25) is 5.91 Å². The van der Waals surface area contributed by atoms with Crippen LogP contribution in [0.15, 0.2) is 48.5 Å². The SMILES string of the molecule is CCOC(=O)c1ccc(NC(=O)CNc2ccc(C)cc2)cc1. The Labute approximate surface area is 135 Å². The van der Waals surface area contributed by atoms with E-state index in [-0.39, 0.29) is 18.4 Å². The fourth-order valence-corrected chi connectivity index (χ4v) is 1.96. The predicted octanol–water partition coefficient (Wildman–Crippen LogP) is 3.22. The van der Waals surface area contributed by atoms with E-state index >= 15 is 0 Å². The van der Waals surface area contributed by atoms with Gasteiger partial charge in [-0.05, 0) is 50.2 Å². The van der Waals surface area contributed by atoms with Crippen LogP contribution in [0.1, 0.15) is 22.8 Å². The van der Waals surface area contributed by atoms with Gasteiger partial charge in [0.15, 0.2) is 0 Å². The zero-order valence-electron chi connectivity index (χ0n) is 13.3. The lowest BCUT2D eigenvalue weighted by molar-refractivity contribution is -0.114. The monoisotopic (exact) mass is 312 g/mol. The summed E-state index contributed by atoms with van der Waals surface area (Å²) in [7, 11) is 0. The Hall–Kier alpha value is -2.82. The van der Waals surface area contributed by atoms with Gasteiger partial charge in [-0.2, -0.15) is 0 Å². The summed E-state index contributed by atoms with van der Waals surface area (Å²) >= 11 is 0. The molecule has 0 saturated heterocycles. The number of hydrogen-bond acceptors (Lipinski definition) is 4. The number of ether oxygens (including phenoxy) is 1. The lowest BCUT2D eigenvalue weighted by Gasteiger charge is -2.08. The zero-order chi connectivity index (χ0) is 16.7. The van der Waals surface area contributed by atoms with Gasteiger partial charge in [0.25, 0.3) is 0 Å². The minimum absolute atomic E-state index is 0.158. The van der Waals surface area contributed by atoms with Gasteiger partial charge in [0, 0.05) is 11.4 Å². The van der Waals surface area contributed by atoms with E-state index in [0.717, 1.165) is 5.69 Å². The number of hydrogen-bond donors (Lipinski definition) is 2. The summed E-state index contributed by atoms with van der Waals surface area (Å²) in [6.07, 6.45) is 0. The Kier molecular flexibility index (Phi) is 5.74. The van der Waals surface area contributed by atoms with Crippen LogP contribution in [0, 0.1) is 6.92 Å². The van der Waals surface area contributed by atoms with Crippen molar-refractivity contribution in [2.75, 3.05) is 23.8 Å². The van der Waals surface area contributed by atoms with Crippen molar-refractivity contribution < 1.29 is 14.3 Å². The van der Waals surface area contributed by atoms with E-state index in [1.54, 1.807) is 31.2 Å². The van der Waals surface area contributed by atoms with Gasteiger partial charge in [-0.3, -0.25) is 4.79 Å². The highest BCUT2D eigenvalue weighted by atomic mass is 16.5. The molecule has 0 aliphatic heterocycles. The molecule has 0 radical (unpaired) electrons. The molecule has 0 atom stereocenters. The quantitative estimate of drug-likeness (QED) is 0.804. The number of carbonyl (C=O) groups excluding carboxylic acids is 2. The fourth-order valence-electron chi connectivity index (χ4n) is 1.96. The standard InChI is InChI=1S/C18H20N2O3/c1-3-23-18(22)14-6-10-16(11-7-14)20-17(21)12-19-15-8-4-13(2)5-9-15/h4-11,19H,3,12H2,1-2H3,(H,20,21).